The molecule has 0 atom stereocenters. The molecule has 1 N–H and O–H groups in total. The summed E-state index contributed by atoms with van der Waals surface area (Å²) >= 11 is 0. The molecule has 0 amide bonds. The molecule has 96 valence electrons. The summed E-state index contributed by atoms with van der Waals surface area (Å²) in [6.45, 7) is 3.86. The van der Waals surface area contributed by atoms with E-state index >= 15 is 0 Å². The fourth-order valence-corrected chi connectivity index (χ4v) is 1.71. The fourth-order valence-electron chi connectivity index (χ4n) is 1.71. The van der Waals surface area contributed by atoms with Gasteiger partial charge in [-0.15, -0.1) is 12.4 Å². The highest BCUT2D eigenvalue weighted by molar-refractivity contribution is 5.85. The van der Waals surface area contributed by atoms with Crippen LogP contribution in [0.3, 0.4) is 0 Å². The van der Waals surface area contributed by atoms with Crippen LogP contribution < -0.4 is 0 Å². The zero-order valence-electron chi connectivity index (χ0n) is 10.1. The predicted octanol–water partition coefficient (Wildman–Crippen LogP) is 2.45. The summed E-state index contributed by atoms with van der Waals surface area (Å²) in [7, 11) is 0. The van der Waals surface area contributed by atoms with Crippen LogP contribution >= 0.6 is 12.4 Å². The third kappa shape index (κ3) is 6.97. The SMILES string of the molecule is CCCN(CCc1ccccc1)CC(=O)O.Cl. The van der Waals surface area contributed by atoms with E-state index in [1.54, 1.807) is 0 Å². The largest absolute Gasteiger partial charge is 0.480 e. The molecule has 0 saturated carbocycles. The Morgan fingerprint density at radius 3 is 2.41 bits per heavy atom. The zero-order chi connectivity index (χ0) is 11.8. The van der Waals surface area contributed by atoms with Crippen LogP contribution in [0.2, 0.25) is 0 Å². The summed E-state index contributed by atoms with van der Waals surface area (Å²) in [5, 5.41) is 8.77. The third-order valence-corrected chi connectivity index (χ3v) is 2.46. The average molecular weight is 258 g/mol. The van der Waals surface area contributed by atoms with Crippen molar-refractivity contribution in [2.75, 3.05) is 19.6 Å². The number of carboxylic acids is 1. The molecule has 0 bridgehead atoms. The number of aliphatic carboxylic acids is 1. The van der Waals surface area contributed by atoms with Crippen molar-refractivity contribution in [1.82, 2.24) is 4.90 Å². The van der Waals surface area contributed by atoms with Crippen LogP contribution in [0.5, 0.6) is 0 Å². The Morgan fingerprint density at radius 1 is 1.24 bits per heavy atom. The van der Waals surface area contributed by atoms with Gasteiger partial charge in [0.05, 0.1) is 6.54 Å². The number of carbonyl (C=O) groups is 1. The highest BCUT2D eigenvalue weighted by atomic mass is 35.5. The van der Waals surface area contributed by atoms with Gasteiger partial charge in [-0.1, -0.05) is 37.3 Å². The maximum absolute atomic E-state index is 10.7. The van der Waals surface area contributed by atoms with E-state index in [0.717, 1.165) is 25.9 Å². The topological polar surface area (TPSA) is 40.5 Å². The first-order chi connectivity index (χ1) is 7.72. The van der Waals surface area contributed by atoms with Gasteiger partial charge in [-0.25, -0.2) is 0 Å². The normalized spacial score (nSPS) is 10.0. The van der Waals surface area contributed by atoms with E-state index in [9.17, 15) is 4.79 Å². The van der Waals surface area contributed by atoms with Crippen LogP contribution in [-0.2, 0) is 11.2 Å². The van der Waals surface area contributed by atoms with Crippen LogP contribution in [0, 0.1) is 0 Å². The number of nitrogens with zero attached hydrogens (tertiary/aromatic N) is 1. The smallest absolute Gasteiger partial charge is 0.317 e. The van der Waals surface area contributed by atoms with Crippen molar-refractivity contribution in [3.63, 3.8) is 0 Å². The monoisotopic (exact) mass is 257 g/mol. The molecule has 0 fully saturated rings. The maximum atomic E-state index is 10.7. The van der Waals surface area contributed by atoms with Crippen LogP contribution in [0.1, 0.15) is 18.9 Å². The van der Waals surface area contributed by atoms with Crippen molar-refractivity contribution >= 4 is 18.4 Å². The second-order valence-electron chi connectivity index (χ2n) is 3.91. The summed E-state index contributed by atoms with van der Waals surface area (Å²) < 4.78 is 0. The van der Waals surface area contributed by atoms with Gasteiger partial charge in [0.25, 0.3) is 0 Å². The fraction of sp³-hybridized carbons (Fsp3) is 0.462. The Labute approximate surface area is 109 Å². The molecule has 0 unspecified atom stereocenters. The highest BCUT2D eigenvalue weighted by Gasteiger charge is 2.08. The molecule has 0 aliphatic rings. The first kappa shape index (κ1) is 15.9. The molecule has 4 heteroatoms. The van der Waals surface area contributed by atoms with Crippen molar-refractivity contribution in [2.24, 2.45) is 0 Å². The molecule has 0 aliphatic carbocycles. The third-order valence-electron chi connectivity index (χ3n) is 2.46. The van der Waals surface area contributed by atoms with Gasteiger partial charge < -0.3 is 5.11 Å². The summed E-state index contributed by atoms with van der Waals surface area (Å²) in [6, 6.07) is 10.2. The van der Waals surface area contributed by atoms with Gasteiger partial charge >= 0.3 is 5.97 Å². The summed E-state index contributed by atoms with van der Waals surface area (Å²) in [4.78, 5) is 12.6. The van der Waals surface area contributed by atoms with Crippen LogP contribution in [0.4, 0.5) is 0 Å². The lowest BCUT2D eigenvalue weighted by atomic mass is 10.1. The van der Waals surface area contributed by atoms with Gasteiger partial charge in [0, 0.05) is 6.54 Å². The Kier molecular flexibility index (Phi) is 8.46. The minimum absolute atomic E-state index is 0. The quantitative estimate of drug-likeness (QED) is 0.816. The number of halogens is 1. The molecular weight excluding hydrogens is 238 g/mol. The van der Waals surface area contributed by atoms with Crippen molar-refractivity contribution in [3.8, 4) is 0 Å². The highest BCUT2D eigenvalue weighted by Crippen LogP contribution is 2.02. The predicted molar refractivity (Wildman–Crippen MR) is 71.8 cm³/mol. The van der Waals surface area contributed by atoms with E-state index < -0.39 is 5.97 Å². The molecule has 1 rings (SSSR count). The Hall–Kier alpha value is -1.06. The molecule has 3 nitrogen and oxygen atoms in total. The number of hydrogen-bond acceptors (Lipinski definition) is 2. The van der Waals surface area contributed by atoms with E-state index in [2.05, 4.69) is 19.1 Å². The number of hydrogen-bond donors (Lipinski definition) is 1. The van der Waals surface area contributed by atoms with E-state index in [0.29, 0.717) is 0 Å². The number of benzene rings is 1. The summed E-state index contributed by atoms with van der Waals surface area (Å²) in [5.74, 6) is -0.749. The molecule has 0 aromatic heterocycles. The van der Waals surface area contributed by atoms with Crippen LogP contribution in [0.15, 0.2) is 30.3 Å². The maximum Gasteiger partial charge on any atom is 0.317 e. The molecule has 17 heavy (non-hydrogen) atoms. The molecule has 0 saturated heterocycles. The average Bonchev–Trinajstić information content (AvgIpc) is 2.27. The summed E-state index contributed by atoms with van der Waals surface area (Å²) in [5.41, 5.74) is 1.26. The van der Waals surface area contributed by atoms with E-state index in [-0.39, 0.29) is 19.0 Å². The number of carboxylic acid groups (broad SMARTS) is 1. The standard InChI is InChI=1S/C13H19NO2.ClH/c1-2-9-14(11-13(15)16)10-8-12-6-4-3-5-7-12;/h3-7H,2,8-11H2,1H3,(H,15,16);1H. The van der Waals surface area contributed by atoms with Crippen molar-refractivity contribution in [3.05, 3.63) is 35.9 Å². The van der Waals surface area contributed by atoms with Gasteiger partial charge in [-0.05, 0) is 24.9 Å². The minimum atomic E-state index is -0.749. The van der Waals surface area contributed by atoms with Crippen LogP contribution in [0.25, 0.3) is 0 Å². The van der Waals surface area contributed by atoms with Crippen LogP contribution in [-0.4, -0.2) is 35.6 Å². The van der Waals surface area contributed by atoms with Gasteiger partial charge in [0.1, 0.15) is 0 Å². The van der Waals surface area contributed by atoms with Gasteiger partial charge in [0.2, 0.25) is 0 Å². The molecular formula is C13H20ClNO2. The van der Waals surface area contributed by atoms with Gasteiger partial charge in [0.15, 0.2) is 0 Å². The van der Waals surface area contributed by atoms with Crippen molar-refractivity contribution < 1.29 is 9.90 Å². The number of rotatable bonds is 7. The van der Waals surface area contributed by atoms with Gasteiger partial charge in [-0.3, -0.25) is 9.69 Å². The zero-order valence-corrected chi connectivity index (χ0v) is 10.9. The van der Waals surface area contributed by atoms with Crippen molar-refractivity contribution in [2.45, 2.75) is 19.8 Å². The molecule has 0 heterocycles. The van der Waals surface area contributed by atoms with Gasteiger partial charge in [-0.2, -0.15) is 0 Å². The lowest BCUT2D eigenvalue weighted by Gasteiger charge is -2.19. The van der Waals surface area contributed by atoms with E-state index in [4.69, 9.17) is 5.11 Å². The molecule has 0 aliphatic heterocycles. The Morgan fingerprint density at radius 2 is 1.88 bits per heavy atom. The second-order valence-corrected chi connectivity index (χ2v) is 3.91. The molecule has 1 aromatic rings. The first-order valence-electron chi connectivity index (χ1n) is 5.70. The molecule has 1 aromatic carbocycles. The van der Waals surface area contributed by atoms with Crippen molar-refractivity contribution in [1.29, 1.82) is 0 Å². The molecule has 0 radical (unpaired) electrons. The minimum Gasteiger partial charge on any atom is -0.480 e. The second kappa shape index (κ2) is 9.02. The lowest BCUT2D eigenvalue weighted by molar-refractivity contribution is -0.138. The molecule has 0 spiro atoms. The summed E-state index contributed by atoms with van der Waals surface area (Å²) in [6.07, 6.45) is 1.90. The first-order valence-corrected chi connectivity index (χ1v) is 5.70. The van der Waals surface area contributed by atoms with E-state index in [1.165, 1.54) is 5.56 Å². The lowest BCUT2D eigenvalue weighted by Crippen LogP contribution is -2.32. The Balaban J connectivity index is 0.00000256. The Bertz CT molecular complexity index is 316. The van der Waals surface area contributed by atoms with E-state index in [1.807, 2.05) is 23.1 Å².